The first-order valence-electron chi connectivity index (χ1n) is 10.2. The summed E-state index contributed by atoms with van der Waals surface area (Å²) >= 11 is 3.48. The number of ether oxygens (including phenoxy) is 1. The standard InChI is InChI=1S/C22H27BrN4O4/c1-13(2)19(21(29)25-22(30)31-3)24-20(28)18-5-4-10-27(18)26-17-9-7-14-11-16(23)8-6-15(14)12-17/h6-9,11-13,18-19,26H,4-5,10H2,1-3H3,(H,24,28)(H,25,29,30)/t18-,19?/m0/s1. The molecule has 3 N–H and O–H groups in total. The number of methoxy groups -OCH3 is 1. The van der Waals surface area contributed by atoms with E-state index in [-0.39, 0.29) is 11.8 Å². The Labute approximate surface area is 189 Å². The van der Waals surface area contributed by atoms with Crippen molar-refractivity contribution >= 4 is 50.3 Å². The molecule has 1 aliphatic rings. The van der Waals surface area contributed by atoms with Crippen LogP contribution in [0, 0.1) is 5.92 Å². The number of hydrogen-bond acceptors (Lipinski definition) is 6. The summed E-state index contributed by atoms with van der Waals surface area (Å²) in [6, 6.07) is 10.9. The van der Waals surface area contributed by atoms with E-state index in [9.17, 15) is 14.4 Å². The first kappa shape index (κ1) is 23.0. The molecule has 0 bridgehead atoms. The normalized spacial score (nSPS) is 17.4. The molecule has 9 heteroatoms. The quantitative estimate of drug-likeness (QED) is 0.573. The lowest BCUT2D eigenvalue weighted by atomic mass is 10.0. The number of benzene rings is 2. The van der Waals surface area contributed by atoms with Gasteiger partial charge in [0, 0.05) is 16.7 Å². The predicted octanol–water partition coefficient (Wildman–Crippen LogP) is 3.42. The Balaban J connectivity index is 1.68. The Morgan fingerprint density at radius 1 is 1.13 bits per heavy atom. The number of carbonyl (C=O) groups excluding carboxylic acids is 3. The number of carbonyl (C=O) groups is 3. The molecule has 0 spiro atoms. The first-order chi connectivity index (χ1) is 14.8. The van der Waals surface area contributed by atoms with Crippen molar-refractivity contribution in [3.05, 3.63) is 40.9 Å². The van der Waals surface area contributed by atoms with Gasteiger partial charge in [-0.05, 0) is 53.8 Å². The highest BCUT2D eigenvalue weighted by molar-refractivity contribution is 9.10. The molecular weight excluding hydrogens is 464 g/mol. The van der Waals surface area contributed by atoms with Gasteiger partial charge >= 0.3 is 6.09 Å². The van der Waals surface area contributed by atoms with Crippen LogP contribution in [0.4, 0.5) is 10.5 Å². The minimum atomic E-state index is -0.850. The zero-order chi connectivity index (χ0) is 22.5. The summed E-state index contributed by atoms with van der Waals surface area (Å²) in [5.74, 6) is -1.04. The average molecular weight is 491 g/mol. The smallest absolute Gasteiger partial charge is 0.413 e. The van der Waals surface area contributed by atoms with Gasteiger partial charge in [-0.1, -0.05) is 41.9 Å². The van der Waals surface area contributed by atoms with Gasteiger partial charge in [0.2, 0.25) is 5.91 Å². The molecule has 31 heavy (non-hydrogen) atoms. The predicted molar refractivity (Wildman–Crippen MR) is 122 cm³/mol. The Hall–Kier alpha value is -2.65. The zero-order valence-corrected chi connectivity index (χ0v) is 19.4. The second-order valence-corrected chi connectivity index (χ2v) is 8.80. The fraction of sp³-hybridized carbons (Fsp3) is 0.409. The maximum Gasteiger partial charge on any atom is 0.413 e. The van der Waals surface area contributed by atoms with Gasteiger partial charge in [0.25, 0.3) is 5.91 Å². The summed E-state index contributed by atoms with van der Waals surface area (Å²) in [7, 11) is 1.18. The molecule has 1 saturated heterocycles. The van der Waals surface area contributed by atoms with Crippen molar-refractivity contribution < 1.29 is 19.1 Å². The molecule has 3 amide bonds. The summed E-state index contributed by atoms with van der Waals surface area (Å²) < 4.78 is 5.49. The Morgan fingerprint density at radius 2 is 1.84 bits per heavy atom. The molecule has 2 atom stereocenters. The van der Waals surface area contributed by atoms with E-state index in [1.807, 2.05) is 35.3 Å². The second-order valence-electron chi connectivity index (χ2n) is 7.88. The molecule has 0 aromatic heterocycles. The van der Waals surface area contributed by atoms with Crippen LogP contribution in [0.25, 0.3) is 10.8 Å². The number of amides is 3. The molecule has 1 aliphatic heterocycles. The number of hydrazine groups is 1. The zero-order valence-electron chi connectivity index (χ0n) is 17.8. The second kappa shape index (κ2) is 10.1. The number of alkyl carbamates (subject to hydrolysis) is 1. The third kappa shape index (κ3) is 5.74. The molecule has 8 nitrogen and oxygen atoms in total. The van der Waals surface area contributed by atoms with Crippen LogP contribution in [0.3, 0.4) is 0 Å². The SMILES string of the molecule is COC(=O)NC(=O)C(NC(=O)[C@@H]1CCCN1Nc1ccc2cc(Br)ccc2c1)C(C)C. The molecule has 2 aromatic rings. The van der Waals surface area contributed by atoms with E-state index in [1.165, 1.54) is 7.11 Å². The maximum atomic E-state index is 13.0. The molecule has 0 aliphatic carbocycles. The number of halogens is 1. The van der Waals surface area contributed by atoms with Gasteiger partial charge in [-0.3, -0.25) is 14.9 Å². The van der Waals surface area contributed by atoms with Crippen molar-refractivity contribution in [2.75, 3.05) is 19.1 Å². The van der Waals surface area contributed by atoms with Crippen molar-refractivity contribution in [1.82, 2.24) is 15.6 Å². The first-order valence-corrected chi connectivity index (χ1v) is 11.0. The molecule has 0 saturated carbocycles. The fourth-order valence-electron chi connectivity index (χ4n) is 3.64. The average Bonchev–Trinajstić information content (AvgIpc) is 3.19. The minimum absolute atomic E-state index is 0.198. The van der Waals surface area contributed by atoms with Crippen molar-refractivity contribution in [3.8, 4) is 0 Å². The summed E-state index contributed by atoms with van der Waals surface area (Å²) in [5.41, 5.74) is 4.23. The molecular formula is C22H27BrN4O4. The van der Waals surface area contributed by atoms with E-state index in [0.717, 1.165) is 27.4 Å². The number of anilines is 1. The van der Waals surface area contributed by atoms with Crippen molar-refractivity contribution in [2.24, 2.45) is 5.92 Å². The largest absolute Gasteiger partial charge is 0.453 e. The molecule has 1 fully saturated rings. The topological polar surface area (TPSA) is 99.8 Å². The molecule has 0 radical (unpaired) electrons. The van der Waals surface area contributed by atoms with Crippen LogP contribution < -0.4 is 16.1 Å². The number of nitrogens with zero attached hydrogens (tertiary/aromatic N) is 1. The number of hydrogen-bond donors (Lipinski definition) is 3. The van der Waals surface area contributed by atoms with E-state index in [0.29, 0.717) is 13.0 Å². The maximum absolute atomic E-state index is 13.0. The molecule has 1 heterocycles. The van der Waals surface area contributed by atoms with Crippen LogP contribution in [0.5, 0.6) is 0 Å². The lowest BCUT2D eigenvalue weighted by molar-refractivity contribution is -0.131. The highest BCUT2D eigenvalue weighted by atomic mass is 79.9. The third-order valence-corrected chi connectivity index (χ3v) is 5.78. The van der Waals surface area contributed by atoms with E-state index in [1.54, 1.807) is 13.8 Å². The molecule has 166 valence electrons. The molecule has 3 rings (SSSR count). The van der Waals surface area contributed by atoms with Gasteiger partial charge in [-0.2, -0.15) is 0 Å². The van der Waals surface area contributed by atoms with Crippen LogP contribution in [0.1, 0.15) is 26.7 Å². The van der Waals surface area contributed by atoms with Crippen molar-refractivity contribution in [3.63, 3.8) is 0 Å². The minimum Gasteiger partial charge on any atom is -0.453 e. The van der Waals surface area contributed by atoms with Crippen LogP contribution in [0.15, 0.2) is 40.9 Å². The Kier molecular flexibility index (Phi) is 7.50. The highest BCUT2D eigenvalue weighted by Crippen LogP contribution is 2.25. The summed E-state index contributed by atoms with van der Waals surface area (Å²) in [5, 5.41) is 9.03. The Bertz CT molecular complexity index is 981. The lowest BCUT2D eigenvalue weighted by Crippen LogP contribution is -2.55. The van der Waals surface area contributed by atoms with E-state index in [4.69, 9.17) is 0 Å². The lowest BCUT2D eigenvalue weighted by Gasteiger charge is -2.28. The number of nitrogens with one attached hydrogen (secondary N) is 3. The van der Waals surface area contributed by atoms with E-state index in [2.05, 4.69) is 42.8 Å². The van der Waals surface area contributed by atoms with Crippen molar-refractivity contribution in [1.29, 1.82) is 0 Å². The van der Waals surface area contributed by atoms with Crippen molar-refractivity contribution in [2.45, 2.75) is 38.8 Å². The number of rotatable bonds is 6. The van der Waals surface area contributed by atoms with Gasteiger partial charge in [-0.25, -0.2) is 9.80 Å². The van der Waals surface area contributed by atoms with Crippen LogP contribution in [0.2, 0.25) is 0 Å². The highest BCUT2D eigenvalue weighted by Gasteiger charge is 2.34. The van der Waals surface area contributed by atoms with E-state index >= 15 is 0 Å². The molecule has 2 aromatic carbocycles. The van der Waals surface area contributed by atoms with Gasteiger partial charge in [0.15, 0.2) is 0 Å². The summed E-state index contributed by atoms with van der Waals surface area (Å²) in [6.45, 7) is 4.32. The van der Waals surface area contributed by atoms with Gasteiger partial charge in [0.1, 0.15) is 12.1 Å². The molecule has 1 unspecified atom stereocenters. The summed E-state index contributed by atoms with van der Waals surface area (Å²) in [4.78, 5) is 36.7. The van der Waals surface area contributed by atoms with Gasteiger partial charge in [-0.15, -0.1) is 0 Å². The third-order valence-electron chi connectivity index (χ3n) is 5.29. The van der Waals surface area contributed by atoms with Crippen LogP contribution in [-0.2, 0) is 14.3 Å². The van der Waals surface area contributed by atoms with Crippen LogP contribution >= 0.6 is 15.9 Å². The summed E-state index contributed by atoms with van der Waals surface area (Å²) in [6.07, 6.45) is 0.673. The van der Waals surface area contributed by atoms with Gasteiger partial charge in [0.05, 0.1) is 7.11 Å². The van der Waals surface area contributed by atoms with Gasteiger partial charge < -0.3 is 15.5 Å². The monoisotopic (exact) mass is 490 g/mol. The van der Waals surface area contributed by atoms with Crippen LogP contribution in [-0.4, -0.2) is 48.7 Å². The number of fused-ring (bicyclic) bond motifs is 1. The number of imide groups is 1. The van der Waals surface area contributed by atoms with E-state index < -0.39 is 24.1 Å². The fourth-order valence-corrected chi connectivity index (χ4v) is 4.02. The Morgan fingerprint density at radius 3 is 2.55 bits per heavy atom.